The van der Waals surface area contributed by atoms with Crippen LogP contribution in [0.15, 0.2) is 24.3 Å². The Morgan fingerprint density at radius 3 is 2.81 bits per heavy atom. The van der Waals surface area contributed by atoms with Gasteiger partial charge in [0.1, 0.15) is 0 Å². The van der Waals surface area contributed by atoms with Crippen LogP contribution in [0.5, 0.6) is 11.5 Å². The van der Waals surface area contributed by atoms with Crippen LogP contribution in [0.1, 0.15) is 12.5 Å². The van der Waals surface area contributed by atoms with Crippen LogP contribution in [0, 0.1) is 0 Å². The average Bonchev–Trinajstić information content (AvgIpc) is 3.00. The van der Waals surface area contributed by atoms with Crippen molar-refractivity contribution in [1.82, 2.24) is 4.90 Å². The van der Waals surface area contributed by atoms with Crippen molar-refractivity contribution in [2.75, 3.05) is 33.1 Å². The molecule has 0 N–H and O–H groups in total. The van der Waals surface area contributed by atoms with Crippen LogP contribution >= 0.6 is 0 Å². The second-order valence-electron chi connectivity index (χ2n) is 5.17. The topological polar surface area (TPSA) is 48.0 Å². The summed E-state index contributed by atoms with van der Waals surface area (Å²) in [5.41, 5.74) is 0.932. The van der Waals surface area contributed by atoms with Gasteiger partial charge in [0.2, 0.25) is 6.79 Å². The molecule has 0 radical (unpaired) electrons. The summed E-state index contributed by atoms with van der Waals surface area (Å²) in [5, 5.41) is 0. The van der Waals surface area contributed by atoms with Crippen LogP contribution < -0.4 is 9.47 Å². The molecule has 3 rings (SSSR count). The summed E-state index contributed by atoms with van der Waals surface area (Å²) >= 11 is 0. The number of morpholine rings is 1. The maximum Gasteiger partial charge on any atom is 0.231 e. The molecule has 0 saturated carbocycles. The van der Waals surface area contributed by atoms with E-state index in [0.717, 1.165) is 30.2 Å². The van der Waals surface area contributed by atoms with E-state index in [9.17, 15) is 4.79 Å². The van der Waals surface area contributed by atoms with Gasteiger partial charge in [0.05, 0.1) is 19.3 Å². The predicted octanol–water partition coefficient (Wildman–Crippen LogP) is 1.72. The van der Waals surface area contributed by atoms with Crippen LogP contribution in [0.2, 0.25) is 0 Å². The Labute approximate surface area is 124 Å². The van der Waals surface area contributed by atoms with Crippen LogP contribution in [-0.2, 0) is 9.53 Å². The molecule has 1 atom stereocenters. The van der Waals surface area contributed by atoms with Crippen LogP contribution in [0.3, 0.4) is 0 Å². The number of hydrogen-bond acceptors (Lipinski definition) is 5. The van der Waals surface area contributed by atoms with Gasteiger partial charge in [-0.3, -0.25) is 9.69 Å². The van der Waals surface area contributed by atoms with Gasteiger partial charge in [-0.15, -0.1) is 0 Å². The number of nitrogens with zero attached hydrogens (tertiary/aromatic N) is 1. The standard InChI is InChI=1S/C16H19NO4/c1-12(17-6-8-19-9-7-17)14(18)4-2-13-3-5-15-16(10-13)21-11-20-15/h2-5,10,12H,6-9,11H2,1H3. The molecule has 0 amide bonds. The summed E-state index contributed by atoms with van der Waals surface area (Å²) in [4.78, 5) is 14.4. The molecule has 0 aliphatic carbocycles. The number of rotatable bonds is 4. The number of benzene rings is 1. The molecule has 1 fully saturated rings. The Morgan fingerprint density at radius 2 is 2.00 bits per heavy atom. The van der Waals surface area contributed by atoms with Gasteiger partial charge >= 0.3 is 0 Å². The number of carbonyl (C=O) groups excluding carboxylic acids is 1. The van der Waals surface area contributed by atoms with Crippen molar-refractivity contribution in [1.29, 1.82) is 0 Å². The van der Waals surface area contributed by atoms with Crippen LogP contribution in [0.25, 0.3) is 6.08 Å². The molecule has 0 spiro atoms. The van der Waals surface area contributed by atoms with Gasteiger partial charge in [-0.05, 0) is 30.7 Å². The summed E-state index contributed by atoms with van der Waals surface area (Å²) in [6, 6.07) is 5.54. The molecule has 1 unspecified atom stereocenters. The Balaban J connectivity index is 1.63. The van der Waals surface area contributed by atoms with Crippen molar-refractivity contribution in [3.63, 3.8) is 0 Å². The first-order chi connectivity index (χ1) is 10.2. The first kappa shape index (κ1) is 14.1. The van der Waals surface area contributed by atoms with Crippen molar-refractivity contribution in [3.05, 3.63) is 29.8 Å². The molecule has 1 aromatic rings. The zero-order chi connectivity index (χ0) is 14.7. The average molecular weight is 289 g/mol. The van der Waals surface area contributed by atoms with E-state index in [2.05, 4.69) is 4.90 Å². The third kappa shape index (κ3) is 3.25. The van der Waals surface area contributed by atoms with Crippen molar-refractivity contribution >= 4 is 11.9 Å². The maximum absolute atomic E-state index is 12.2. The number of ether oxygens (including phenoxy) is 3. The van der Waals surface area contributed by atoms with Crippen LogP contribution in [0.4, 0.5) is 0 Å². The van der Waals surface area contributed by atoms with Gasteiger partial charge in [-0.25, -0.2) is 0 Å². The fraction of sp³-hybridized carbons (Fsp3) is 0.438. The molecule has 1 saturated heterocycles. The Morgan fingerprint density at radius 1 is 1.24 bits per heavy atom. The van der Waals surface area contributed by atoms with E-state index in [-0.39, 0.29) is 18.6 Å². The fourth-order valence-electron chi connectivity index (χ4n) is 2.48. The summed E-state index contributed by atoms with van der Waals surface area (Å²) in [6.45, 7) is 5.22. The van der Waals surface area contributed by atoms with Crippen molar-refractivity contribution in [2.45, 2.75) is 13.0 Å². The largest absolute Gasteiger partial charge is 0.454 e. The third-order valence-electron chi connectivity index (χ3n) is 3.84. The zero-order valence-electron chi connectivity index (χ0n) is 12.1. The normalized spacial score (nSPS) is 19.9. The second kappa shape index (κ2) is 6.28. The summed E-state index contributed by atoms with van der Waals surface area (Å²) in [5.74, 6) is 1.58. The number of carbonyl (C=O) groups is 1. The van der Waals surface area contributed by atoms with E-state index < -0.39 is 0 Å². The number of hydrogen-bond donors (Lipinski definition) is 0. The fourth-order valence-corrected chi connectivity index (χ4v) is 2.48. The molecular weight excluding hydrogens is 270 g/mol. The highest BCUT2D eigenvalue weighted by Crippen LogP contribution is 2.32. The van der Waals surface area contributed by atoms with Crippen molar-refractivity contribution < 1.29 is 19.0 Å². The summed E-state index contributed by atoms with van der Waals surface area (Å²) in [7, 11) is 0. The van der Waals surface area contributed by atoms with Gasteiger partial charge in [-0.1, -0.05) is 12.1 Å². The van der Waals surface area contributed by atoms with Crippen molar-refractivity contribution in [2.24, 2.45) is 0 Å². The first-order valence-corrected chi connectivity index (χ1v) is 7.17. The molecule has 112 valence electrons. The second-order valence-corrected chi connectivity index (χ2v) is 5.17. The Hall–Kier alpha value is -1.85. The lowest BCUT2D eigenvalue weighted by Gasteiger charge is -2.30. The van der Waals surface area contributed by atoms with Gasteiger partial charge in [0.15, 0.2) is 17.3 Å². The monoisotopic (exact) mass is 289 g/mol. The maximum atomic E-state index is 12.2. The molecular formula is C16H19NO4. The van der Waals surface area contributed by atoms with Crippen LogP contribution in [-0.4, -0.2) is 49.8 Å². The van der Waals surface area contributed by atoms with E-state index >= 15 is 0 Å². The summed E-state index contributed by atoms with van der Waals surface area (Å²) in [6.07, 6.45) is 3.46. The Bertz CT molecular complexity index is 549. The van der Waals surface area contributed by atoms with E-state index in [4.69, 9.17) is 14.2 Å². The van der Waals surface area contributed by atoms with Gasteiger partial charge in [0.25, 0.3) is 0 Å². The molecule has 5 heteroatoms. The number of ketones is 1. The lowest BCUT2D eigenvalue weighted by molar-refractivity contribution is -0.120. The van der Waals surface area contributed by atoms with E-state index in [1.54, 1.807) is 6.08 Å². The molecule has 2 aliphatic heterocycles. The summed E-state index contributed by atoms with van der Waals surface area (Å²) < 4.78 is 15.9. The molecule has 0 aromatic heterocycles. The van der Waals surface area contributed by atoms with Gasteiger partial charge in [-0.2, -0.15) is 0 Å². The van der Waals surface area contributed by atoms with E-state index in [0.29, 0.717) is 13.2 Å². The van der Waals surface area contributed by atoms with Gasteiger partial charge < -0.3 is 14.2 Å². The third-order valence-corrected chi connectivity index (χ3v) is 3.84. The van der Waals surface area contributed by atoms with Gasteiger partial charge in [0, 0.05) is 13.1 Å². The predicted molar refractivity (Wildman–Crippen MR) is 78.5 cm³/mol. The minimum absolute atomic E-state index is 0.106. The minimum Gasteiger partial charge on any atom is -0.454 e. The molecule has 2 heterocycles. The molecule has 2 aliphatic rings. The molecule has 5 nitrogen and oxygen atoms in total. The first-order valence-electron chi connectivity index (χ1n) is 7.17. The molecule has 21 heavy (non-hydrogen) atoms. The van der Waals surface area contributed by atoms with E-state index in [1.165, 1.54) is 0 Å². The smallest absolute Gasteiger partial charge is 0.231 e. The molecule has 1 aromatic carbocycles. The minimum atomic E-state index is -0.112. The highest BCUT2D eigenvalue weighted by atomic mass is 16.7. The lowest BCUT2D eigenvalue weighted by atomic mass is 10.1. The number of fused-ring (bicyclic) bond motifs is 1. The molecule has 0 bridgehead atoms. The highest BCUT2D eigenvalue weighted by Gasteiger charge is 2.21. The highest BCUT2D eigenvalue weighted by molar-refractivity contribution is 5.97. The Kier molecular flexibility index (Phi) is 4.22. The zero-order valence-corrected chi connectivity index (χ0v) is 12.1. The van der Waals surface area contributed by atoms with Crippen molar-refractivity contribution in [3.8, 4) is 11.5 Å². The SMILES string of the molecule is CC(C(=O)C=Cc1ccc2c(c1)OCO2)N1CCOCC1. The van der Waals surface area contributed by atoms with E-state index in [1.807, 2.05) is 31.2 Å². The quantitative estimate of drug-likeness (QED) is 0.790. The lowest BCUT2D eigenvalue weighted by Crippen LogP contribution is -2.45.